The van der Waals surface area contributed by atoms with Crippen molar-refractivity contribution in [1.29, 1.82) is 0 Å². The van der Waals surface area contributed by atoms with E-state index in [1.807, 2.05) is 79.0 Å². The Morgan fingerprint density at radius 2 is 1.58 bits per heavy atom. The maximum Gasteiger partial charge on any atom is 0.315 e. The van der Waals surface area contributed by atoms with E-state index in [4.69, 9.17) is 0 Å². The van der Waals surface area contributed by atoms with Crippen LogP contribution in [0.5, 0.6) is 0 Å². The number of benzene rings is 2. The number of hydrogen-bond donors (Lipinski definition) is 3. The van der Waals surface area contributed by atoms with E-state index in [1.165, 1.54) is 11.3 Å². The van der Waals surface area contributed by atoms with Crippen LogP contribution in [-0.4, -0.2) is 17.7 Å². The molecular formula is C21H22N2O2S. The Morgan fingerprint density at radius 3 is 2.08 bits per heavy atom. The topological polar surface area (TPSA) is 61.4 Å². The van der Waals surface area contributed by atoms with Crippen molar-refractivity contribution in [3.63, 3.8) is 0 Å². The van der Waals surface area contributed by atoms with Crippen molar-refractivity contribution < 1.29 is 9.90 Å². The monoisotopic (exact) mass is 366 g/mol. The smallest absolute Gasteiger partial charge is 0.315 e. The summed E-state index contributed by atoms with van der Waals surface area (Å²) < 4.78 is 0. The number of carbonyl (C=O) groups excluding carboxylic acids is 1. The van der Waals surface area contributed by atoms with E-state index in [-0.39, 0.29) is 18.6 Å². The van der Waals surface area contributed by atoms with Gasteiger partial charge in [-0.15, -0.1) is 11.3 Å². The first-order valence-electron chi connectivity index (χ1n) is 8.51. The molecule has 3 rings (SSSR count). The first kappa shape index (κ1) is 18.2. The van der Waals surface area contributed by atoms with E-state index < -0.39 is 6.10 Å². The molecule has 2 aromatic carbocycles. The lowest BCUT2D eigenvalue weighted by Crippen LogP contribution is -2.40. The molecule has 0 spiro atoms. The van der Waals surface area contributed by atoms with Crippen molar-refractivity contribution in [2.45, 2.75) is 19.1 Å². The summed E-state index contributed by atoms with van der Waals surface area (Å²) in [4.78, 5) is 13.3. The molecule has 1 heterocycles. The second-order valence-corrected chi connectivity index (χ2v) is 7.04. The average molecular weight is 366 g/mol. The van der Waals surface area contributed by atoms with Gasteiger partial charge in [-0.1, -0.05) is 60.7 Å². The van der Waals surface area contributed by atoms with E-state index in [2.05, 4.69) is 10.6 Å². The lowest BCUT2D eigenvalue weighted by molar-refractivity contribution is 0.175. The van der Waals surface area contributed by atoms with Crippen LogP contribution in [0.1, 0.15) is 33.7 Å². The van der Waals surface area contributed by atoms with Gasteiger partial charge in [0.25, 0.3) is 0 Å². The largest absolute Gasteiger partial charge is 0.386 e. The number of thiophene rings is 1. The standard InChI is InChI=1S/C21H22N2O2S/c1-15-12-13-26-20(15)18(24)14-22-21(25)23-19(16-8-4-2-5-9-16)17-10-6-3-7-11-17/h2-13,18-19,24H,14H2,1H3,(H2,22,23,25). The fourth-order valence-corrected chi connectivity index (χ4v) is 3.75. The van der Waals surface area contributed by atoms with E-state index >= 15 is 0 Å². The SMILES string of the molecule is Cc1ccsc1C(O)CNC(=O)NC(c1ccccc1)c1ccccc1. The van der Waals surface area contributed by atoms with Crippen LogP contribution in [0.4, 0.5) is 4.79 Å². The summed E-state index contributed by atoms with van der Waals surface area (Å²) in [5.41, 5.74) is 3.04. The predicted octanol–water partition coefficient (Wildman–Crippen LogP) is 4.18. The molecule has 134 valence electrons. The van der Waals surface area contributed by atoms with Crippen molar-refractivity contribution >= 4 is 17.4 Å². The summed E-state index contributed by atoms with van der Waals surface area (Å²) in [5.74, 6) is 0. The average Bonchev–Trinajstić information content (AvgIpc) is 3.11. The number of aliphatic hydroxyl groups excluding tert-OH is 1. The Balaban J connectivity index is 1.67. The van der Waals surface area contributed by atoms with Crippen molar-refractivity contribution in [3.05, 3.63) is 93.7 Å². The molecule has 26 heavy (non-hydrogen) atoms. The van der Waals surface area contributed by atoms with Gasteiger partial charge in [0.15, 0.2) is 0 Å². The van der Waals surface area contributed by atoms with Crippen molar-refractivity contribution in [2.75, 3.05) is 6.54 Å². The number of carbonyl (C=O) groups is 1. The molecule has 3 N–H and O–H groups in total. The van der Waals surface area contributed by atoms with Gasteiger partial charge in [0.05, 0.1) is 12.6 Å². The van der Waals surface area contributed by atoms with Crippen LogP contribution in [0.3, 0.4) is 0 Å². The molecule has 5 heteroatoms. The van der Waals surface area contributed by atoms with Crippen LogP contribution in [0.15, 0.2) is 72.1 Å². The zero-order chi connectivity index (χ0) is 18.4. The maximum atomic E-state index is 12.4. The van der Waals surface area contributed by atoms with Crippen LogP contribution in [0, 0.1) is 6.92 Å². The number of aliphatic hydroxyl groups is 1. The molecule has 1 unspecified atom stereocenters. The summed E-state index contributed by atoms with van der Waals surface area (Å²) in [5, 5.41) is 18.0. The highest BCUT2D eigenvalue weighted by molar-refractivity contribution is 7.10. The lowest BCUT2D eigenvalue weighted by atomic mass is 9.99. The third-order valence-electron chi connectivity index (χ3n) is 4.20. The van der Waals surface area contributed by atoms with E-state index in [0.29, 0.717) is 0 Å². The molecule has 0 aliphatic rings. The molecular weight excluding hydrogens is 344 g/mol. The Morgan fingerprint density at radius 1 is 1.00 bits per heavy atom. The van der Waals surface area contributed by atoms with Crippen molar-refractivity contribution in [3.8, 4) is 0 Å². The Kier molecular flexibility index (Phi) is 6.04. The molecule has 0 aliphatic heterocycles. The van der Waals surface area contributed by atoms with Gasteiger partial charge in [-0.25, -0.2) is 4.79 Å². The highest BCUT2D eigenvalue weighted by Gasteiger charge is 2.18. The first-order valence-corrected chi connectivity index (χ1v) is 9.39. The fraction of sp³-hybridized carbons (Fsp3) is 0.190. The highest BCUT2D eigenvalue weighted by Crippen LogP contribution is 2.24. The number of aryl methyl sites for hydroxylation is 1. The highest BCUT2D eigenvalue weighted by atomic mass is 32.1. The molecule has 0 bridgehead atoms. The van der Waals surface area contributed by atoms with Gasteiger partial charge in [-0.05, 0) is 35.1 Å². The minimum atomic E-state index is -0.701. The normalized spacial score (nSPS) is 12.0. The number of hydrogen-bond acceptors (Lipinski definition) is 3. The van der Waals surface area contributed by atoms with Gasteiger partial charge >= 0.3 is 6.03 Å². The van der Waals surface area contributed by atoms with E-state index in [9.17, 15) is 9.90 Å². The molecule has 0 fully saturated rings. The molecule has 0 aliphatic carbocycles. The van der Waals surface area contributed by atoms with E-state index in [0.717, 1.165) is 21.6 Å². The molecule has 0 saturated heterocycles. The lowest BCUT2D eigenvalue weighted by Gasteiger charge is -2.21. The molecule has 1 atom stereocenters. The Hall–Kier alpha value is -2.63. The molecule has 2 amide bonds. The number of nitrogens with one attached hydrogen (secondary N) is 2. The molecule has 3 aromatic rings. The maximum absolute atomic E-state index is 12.4. The quantitative estimate of drug-likeness (QED) is 0.613. The number of rotatable bonds is 6. The third kappa shape index (κ3) is 4.50. The van der Waals surface area contributed by atoms with Gasteiger partial charge in [0.2, 0.25) is 0 Å². The Bertz CT molecular complexity index is 794. The third-order valence-corrected chi connectivity index (χ3v) is 5.32. The van der Waals surface area contributed by atoms with Crippen molar-refractivity contribution in [1.82, 2.24) is 10.6 Å². The second-order valence-electron chi connectivity index (χ2n) is 6.09. The van der Waals surface area contributed by atoms with E-state index in [1.54, 1.807) is 0 Å². The molecule has 0 saturated carbocycles. The number of amides is 2. The van der Waals surface area contributed by atoms with Gasteiger partial charge in [-0.3, -0.25) is 0 Å². The van der Waals surface area contributed by atoms with Gasteiger partial charge < -0.3 is 15.7 Å². The minimum Gasteiger partial charge on any atom is -0.386 e. The summed E-state index contributed by atoms with van der Waals surface area (Å²) in [6.45, 7) is 2.12. The summed E-state index contributed by atoms with van der Waals surface area (Å²) >= 11 is 1.50. The zero-order valence-electron chi connectivity index (χ0n) is 14.6. The van der Waals surface area contributed by atoms with Crippen molar-refractivity contribution in [2.24, 2.45) is 0 Å². The summed E-state index contributed by atoms with van der Waals surface area (Å²) in [6.07, 6.45) is -0.701. The van der Waals surface area contributed by atoms with Gasteiger partial charge in [0, 0.05) is 4.88 Å². The van der Waals surface area contributed by atoms with Gasteiger partial charge in [-0.2, -0.15) is 0 Å². The van der Waals surface area contributed by atoms with Crippen LogP contribution in [-0.2, 0) is 0 Å². The van der Waals surface area contributed by atoms with Crippen LogP contribution in [0.25, 0.3) is 0 Å². The summed E-state index contributed by atoms with van der Waals surface area (Å²) in [6, 6.07) is 21.1. The van der Waals surface area contributed by atoms with Crippen LogP contribution >= 0.6 is 11.3 Å². The second kappa shape index (κ2) is 8.65. The first-order chi connectivity index (χ1) is 12.6. The molecule has 0 radical (unpaired) electrons. The zero-order valence-corrected chi connectivity index (χ0v) is 15.4. The van der Waals surface area contributed by atoms with Crippen LogP contribution in [0.2, 0.25) is 0 Å². The number of urea groups is 1. The molecule has 1 aromatic heterocycles. The van der Waals surface area contributed by atoms with Gasteiger partial charge in [0.1, 0.15) is 6.10 Å². The summed E-state index contributed by atoms with van der Waals surface area (Å²) in [7, 11) is 0. The van der Waals surface area contributed by atoms with Crippen LogP contribution < -0.4 is 10.6 Å². The minimum absolute atomic E-state index is 0.170. The molecule has 4 nitrogen and oxygen atoms in total. The predicted molar refractivity (Wildman–Crippen MR) is 105 cm³/mol. The fourth-order valence-electron chi connectivity index (χ4n) is 2.84. The Labute approximate surface area is 157 Å².